The van der Waals surface area contributed by atoms with Gasteiger partial charge in [0.25, 0.3) is 0 Å². The number of hydrogen-bond donors (Lipinski definition) is 1. The fourth-order valence-corrected chi connectivity index (χ4v) is 2.40. The van der Waals surface area contributed by atoms with Crippen molar-refractivity contribution in [2.75, 3.05) is 19.6 Å². The minimum absolute atomic E-state index is 0.0197. The normalized spacial score (nSPS) is 18.5. The number of piperidine rings is 1. The van der Waals surface area contributed by atoms with Crippen molar-refractivity contribution in [2.45, 2.75) is 58.9 Å². The third-order valence-electron chi connectivity index (χ3n) is 3.91. The summed E-state index contributed by atoms with van der Waals surface area (Å²) in [5, 5.41) is 3.39. The average molecular weight is 240 g/mol. The first-order valence-corrected chi connectivity index (χ1v) is 7.21. The zero-order valence-corrected chi connectivity index (χ0v) is 11.7. The maximum absolute atomic E-state index is 12.2. The van der Waals surface area contributed by atoms with Crippen molar-refractivity contribution in [2.24, 2.45) is 5.92 Å². The molecule has 0 aromatic carbocycles. The van der Waals surface area contributed by atoms with Crippen molar-refractivity contribution in [3.63, 3.8) is 0 Å². The Labute approximate surface area is 106 Å². The van der Waals surface area contributed by atoms with E-state index in [0.29, 0.717) is 5.92 Å². The minimum atomic E-state index is -0.0197. The van der Waals surface area contributed by atoms with Crippen LogP contribution >= 0.6 is 0 Å². The molecule has 3 heteroatoms. The summed E-state index contributed by atoms with van der Waals surface area (Å²) >= 11 is 0. The molecule has 0 bridgehead atoms. The van der Waals surface area contributed by atoms with Gasteiger partial charge in [-0.05, 0) is 38.6 Å². The van der Waals surface area contributed by atoms with E-state index in [9.17, 15) is 4.79 Å². The van der Waals surface area contributed by atoms with Crippen LogP contribution in [0.4, 0.5) is 0 Å². The number of hydrogen-bond acceptors (Lipinski definition) is 2. The predicted molar refractivity (Wildman–Crippen MR) is 72.0 cm³/mol. The van der Waals surface area contributed by atoms with E-state index < -0.39 is 0 Å². The summed E-state index contributed by atoms with van der Waals surface area (Å²) < 4.78 is 0. The van der Waals surface area contributed by atoms with Crippen LogP contribution in [-0.4, -0.2) is 36.5 Å². The molecule has 0 spiro atoms. The van der Waals surface area contributed by atoms with Crippen LogP contribution in [0.15, 0.2) is 0 Å². The lowest BCUT2D eigenvalue weighted by Crippen LogP contribution is -2.47. The molecule has 1 saturated heterocycles. The Morgan fingerprint density at radius 3 is 2.29 bits per heavy atom. The summed E-state index contributed by atoms with van der Waals surface area (Å²) in [4.78, 5) is 14.2. The summed E-state index contributed by atoms with van der Waals surface area (Å²) in [6.07, 6.45) is 6.00. The van der Waals surface area contributed by atoms with Gasteiger partial charge in [0, 0.05) is 13.1 Å². The van der Waals surface area contributed by atoms with Gasteiger partial charge in [0.2, 0.25) is 5.91 Å². The highest BCUT2D eigenvalue weighted by Gasteiger charge is 2.21. The van der Waals surface area contributed by atoms with Gasteiger partial charge in [-0.3, -0.25) is 4.79 Å². The first kappa shape index (κ1) is 14.5. The molecule has 0 saturated carbocycles. The van der Waals surface area contributed by atoms with E-state index >= 15 is 0 Å². The van der Waals surface area contributed by atoms with Crippen LogP contribution in [0, 0.1) is 5.92 Å². The van der Waals surface area contributed by atoms with E-state index in [4.69, 9.17) is 0 Å². The Balaban J connectivity index is 2.30. The van der Waals surface area contributed by atoms with Gasteiger partial charge in [-0.1, -0.05) is 26.7 Å². The summed E-state index contributed by atoms with van der Waals surface area (Å²) in [7, 11) is 0. The molecule has 1 fully saturated rings. The number of nitrogens with zero attached hydrogens (tertiary/aromatic N) is 1. The largest absolute Gasteiger partial charge is 0.341 e. The van der Waals surface area contributed by atoms with E-state index in [0.717, 1.165) is 19.6 Å². The van der Waals surface area contributed by atoms with Gasteiger partial charge in [0.1, 0.15) is 0 Å². The number of likely N-dealkylation sites (tertiary alicyclic amines) is 1. The van der Waals surface area contributed by atoms with Crippen LogP contribution in [0.3, 0.4) is 0 Å². The second-order valence-corrected chi connectivity index (χ2v) is 5.20. The zero-order valence-electron chi connectivity index (χ0n) is 11.7. The van der Waals surface area contributed by atoms with Gasteiger partial charge >= 0.3 is 0 Å². The Morgan fingerprint density at radius 2 is 1.76 bits per heavy atom. The Morgan fingerprint density at radius 1 is 1.18 bits per heavy atom. The first-order valence-electron chi connectivity index (χ1n) is 7.21. The van der Waals surface area contributed by atoms with Crippen LogP contribution in [0.2, 0.25) is 0 Å². The van der Waals surface area contributed by atoms with Crippen molar-refractivity contribution in [3.05, 3.63) is 0 Å². The van der Waals surface area contributed by atoms with Crippen LogP contribution in [-0.2, 0) is 4.79 Å². The first-order chi connectivity index (χ1) is 8.19. The third-order valence-corrected chi connectivity index (χ3v) is 3.91. The van der Waals surface area contributed by atoms with E-state index in [2.05, 4.69) is 19.2 Å². The molecule has 1 atom stereocenters. The highest BCUT2D eigenvalue weighted by Crippen LogP contribution is 2.11. The van der Waals surface area contributed by atoms with Gasteiger partial charge in [-0.2, -0.15) is 0 Å². The molecule has 1 unspecified atom stereocenters. The third kappa shape index (κ3) is 4.66. The molecule has 1 amide bonds. The van der Waals surface area contributed by atoms with Crippen molar-refractivity contribution in [1.82, 2.24) is 10.2 Å². The standard InChI is InChI=1S/C14H28N2O/c1-4-13(5-2)11-15-12(3)14(17)16-9-7-6-8-10-16/h12-13,15H,4-11H2,1-3H3. The lowest BCUT2D eigenvalue weighted by atomic mass is 10.0. The van der Waals surface area contributed by atoms with E-state index in [1.54, 1.807) is 0 Å². The molecule has 1 rings (SSSR count). The van der Waals surface area contributed by atoms with Gasteiger partial charge < -0.3 is 10.2 Å². The maximum atomic E-state index is 12.2. The lowest BCUT2D eigenvalue weighted by molar-refractivity contribution is -0.133. The minimum Gasteiger partial charge on any atom is -0.341 e. The van der Waals surface area contributed by atoms with Crippen LogP contribution in [0.5, 0.6) is 0 Å². The summed E-state index contributed by atoms with van der Waals surface area (Å²) in [6.45, 7) is 9.30. The average Bonchev–Trinajstić information content (AvgIpc) is 2.39. The summed E-state index contributed by atoms with van der Waals surface area (Å²) in [5.41, 5.74) is 0. The van der Waals surface area contributed by atoms with Crippen LogP contribution in [0.25, 0.3) is 0 Å². The number of carbonyl (C=O) groups is 1. The van der Waals surface area contributed by atoms with E-state index in [-0.39, 0.29) is 11.9 Å². The van der Waals surface area contributed by atoms with Crippen LogP contribution < -0.4 is 5.32 Å². The quantitative estimate of drug-likeness (QED) is 0.773. The number of rotatable bonds is 6. The van der Waals surface area contributed by atoms with E-state index in [1.807, 2.05) is 11.8 Å². The van der Waals surface area contributed by atoms with Crippen molar-refractivity contribution in [3.8, 4) is 0 Å². The van der Waals surface area contributed by atoms with Crippen molar-refractivity contribution < 1.29 is 4.79 Å². The van der Waals surface area contributed by atoms with Gasteiger partial charge in [0.05, 0.1) is 6.04 Å². The molecule has 0 radical (unpaired) electrons. The SMILES string of the molecule is CCC(CC)CNC(C)C(=O)N1CCCCC1. The number of carbonyl (C=O) groups excluding carboxylic acids is 1. The van der Waals surface area contributed by atoms with Gasteiger partial charge in [-0.25, -0.2) is 0 Å². The molecule has 1 N–H and O–H groups in total. The highest BCUT2D eigenvalue weighted by molar-refractivity contribution is 5.81. The summed E-state index contributed by atoms with van der Waals surface area (Å²) in [5.74, 6) is 0.988. The second kappa shape index (κ2) is 7.70. The fraction of sp³-hybridized carbons (Fsp3) is 0.929. The van der Waals surface area contributed by atoms with Gasteiger partial charge in [-0.15, -0.1) is 0 Å². The molecule has 1 aliphatic heterocycles. The Bertz CT molecular complexity index is 220. The molecular formula is C14H28N2O. The monoisotopic (exact) mass is 240 g/mol. The zero-order chi connectivity index (χ0) is 12.7. The molecule has 3 nitrogen and oxygen atoms in total. The second-order valence-electron chi connectivity index (χ2n) is 5.20. The molecular weight excluding hydrogens is 212 g/mol. The molecule has 0 aliphatic carbocycles. The highest BCUT2D eigenvalue weighted by atomic mass is 16.2. The maximum Gasteiger partial charge on any atom is 0.239 e. The van der Waals surface area contributed by atoms with Crippen molar-refractivity contribution >= 4 is 5.91 Å². The smallest absolute Gasteiger partial charge is 0.239 e. The molecule has 17 heavy (non-hydrogen) atoms. The fourth-order valence-electron chi connectivity index (χ4n) is 2.40. The number of nitrogens with one attached hydrogen (secondary N) is 1. The predicted octanol–water partition coefficient (Wildman–Crippen LogP) is 2.41. The molecule has 0 aromatic heterocycles. The van der Waals surface area contributed by atoms with E-state index in [1.165, 1.54) is 32.1 Å². The Kier molecular flexibility index (Phi) is 6.56. The lowest BCUT2D eigenvalue weighted by Gasteiger charge is -2.30. The topological polar surface area (TPSA) is 32.3 Å². The van der Waals surface area contributed by atoms with Crippen LogP contribution in [0.1, 0.15) is 52.9 Å². The molecule has 1 heterocycles. The van der Waals surface area contributed by atoms with Gasteiger partial charge in [0.15, 0.2) is 0 Å². The molecule has 1 aliphatic rings. The molecule has 100 valence electrons. The Hall–Kier alpha value is -0.570. The summed E-state index contributed by atoms with van der Waals surface area (Å²) in [6, 6.07) is -0.0197. The number of amides is 1. The molecule has 0 aromatic rings. The van der Waals surface area contributed by atoms with Crippen molar-refractivity contribution in [1.29, 1.82) is 0 Å².